The Bertz CT molecular complexity index is 441. The largest absolute Gasteiger partial charge is 0.497 e. The fraction of sp³-hybridized carbons (Fsp3) is 0.333. The van der Waals surface area contributed by atoms with Gasteiger partial charge in [-0.25, -0.2) is 14.2 Å². The second-order valence-electron chi connectivity index (χ2n) is 2.78. The summed E-state index contributed by atoms with van der Waals surface area (Å²) in [6.07, 6.45) is 0. The molecule has 0 spiro atoms. The maximum Gasteiger partial charge on any atom is 0.196 e. The van der Waals surface area contributed by atoms with Gasteiger partial charge >= 0.3 is 0 Å². The van der Waals surface area contributed by atoms with E-state index in [1.165, 1.54) is 32.4 Å². The lowest BCUT2D eigenvalue weighted by Crippen LogP contribution is -2.08. The van der Waals surface area contributed by atoms with Gasteiger partial charge in [-0.3, -0.25) is 0 Å². The monoisotopic (exact) mass is 230 g/mol. The molecule has 0 aliphatic heterocycles. The number of sulfone groups is 1. The van der Waals surface area contributed by atoms with E-state index >= 15 is 0 Å². The molecule has 1 rings (SSSR count). The van der Waals surface area contributed by atoms with Crippen molar-refractivity contribution in [3.05, 3.63) is 18.2 Å². The van der Waals surface area contributed by atoms with E-state index in [1.807, 2.05) is 0 Å². The lowest BCUT2D eigenvalue weighted by molar-refractivity contribution is 0.386. The van der Waals surface area contributed by atoms with Crippen LogP contribution in [-0.4, -0.2) is 28.5 Å². The van der Waals surface area contributed by atoms with Gasteiger partial charge in [-0.1, -0.05) is 0 Å². The normalized spacial score (nSPS) is 11.1. The van der Waals surface area contributed by atoms with Crippen molar-refractivity contribution in [3.8, 4) is 11.5 Å². The lowest BCUT2D eigenvalue weighted by Gasteiger charge is -2.09. The molecule has 1 radical (unpaired) electrons. The number of benzene rings is 1. The summed E-state index contributed by atoms with van der Waals surface area (Å²) in [5.74, 6) is 0.00719. The number of hydrogen-bond acceptors (Lipinski definition) is 4. The van der Waals surface area contributed by atoms with Crippen LogP contribution in [0.2, 0.25) is 0 Å². The van der Waals surface area contributed by atoms with E-state index in [0.29, 0.717) is 5.75 Å². The van der Waals surface area contributed by atoms with E-state index in [4.69, 9.17) is 15.2 Å². The quantitative estimate of drug-likeness (QED) is 0.763. The first-order valence-electron chi connectivity index (χ1n) is 4.14. The first-order chi connectivity index (χ1) is 7.05. The number of hydrogen-bond donors (Lipinski definition) is 0. The summed E-state index contributed by atoms with van der Waals surface area (Å²) in [4.78, 5) is 0.0146. The molecule has 0 amide bonds. The molecule has 0 bridgehead atoms. The molecule has 0 saturated carbocycles. The Morgan fingerprint density at radius 3 is 2.40 bits per heavy atom. The molecule has 1 N–H and O–H groups in total. The average Bonchev–Trinajstić information content (AvgIpc) is 2.28. The molecule has 0 saturated heterocycles. The molecule has 0 heterocycles. The second-order valence-corrected chi connectivity index (χ2v) is 4.73. The number of methoxy groups -OCH3 is 2. The number of rotatable bonds is 4. The van der Waals surface area contributed by atoms with Crippen molar-refractivity contribution in [2.45, 2.75) is 4.90 Å². The molecular formula is C9H12NO4S. The first kappa shape index (κ1) is 11.8. The average molecular weight is 230 g/mol. The third kappa shape index (κ3) is 2.40. The van der Waals surface area contributed by atoms with Crippen molar-refractivity contribution in [1.82, 2.24) is 5.73 Å². The molecular weight excluding hydrogens is 218 g/mol. The Kier molecular flexibility index (Phi) is 3.54. The first-order valence-corrected chi connectivity index (χ1v) is 5.79. The summed E-state index contributed by atoms with van der Waals surface area (Å²) in [5, 5.41) is 0. The molecule has 0 aromatic heterocycles. The minimum atomic E-state index is -3.58. The van der Waals surface area contributed by atoms with E-state index in [9.17, 15) is 8.42 Å². The van der Waals surface area contributed by atoms with Crippen LogP contribution in [0.3, 0.4) is 0 Å². The van der Waals surface area contributed by atoms with E-state index in [2.05, 4.69) is 0 Å². The molecule has 0 unspecified atom stereocenters. The minimum absolute atomic E-state index is 0.0146. The van der Waals surface area contributed by atoms with Gasteiger partial charge in [0.25, 0.3) is 0 Å². The van der Waals surface area contributed by atoms with Crippen LogP contribution >= 0.6 is 0 Å². The van der Waals surface area contributed by atoms with Crippen LogP contribution in [0.5, 0.6) is 11.5 Å². The van der Waals surface area contributed by atoms with E-state index in [0.717, 1.165) is 0 Å². The highest BCUT2D eigenvalue weighted by Crippen LogP contribution is 2.28. The molecule has 5 nitrogen and oxygen atoms in total. The summed E-state index contributed by atoms with van der Waals surface area (Å²) < 4.78 is 32.8. The highest BCUT2D eigenvalue weighted by Gasteiger charge is 2.18. The van der Waals surface area contributed by atoms with Crippen molar-refractivity contribution < 1.29 is 17.9 Å². The predicted molar refractivity (Wildman–Crippen MR) is 54.7 cm³/mol. The molecule has 6 heteroatoms. The highest BCUT2D eigenvalue weighted by molar-refractivity contribution is 7.91. The second kappa shape index (κ2) is 4.50. The Morgan fingerprint density at radius 1 is 1.27 bits per heavy atom. The van der Waals surface area contributed by atoms with Crippen LogP contribution in [-0.2, 0) is 9.84 Å². The smallest absolute Gasteiger partial charge is 0.196 e. The van der Waals surface area contributed by atoms with Crippen molar-refractivity contribution in [1.29, 1.82) is 0 Å². The van der Waals surface area contributed by atoms with Crippen LogP contribution in [0, 0.1) is 0 Å². The van der Waals surface area contributed by atoms with E-state index in [-0.39, 0.29) is 10.6 Å². The third-order valence-corrected chi connectivity index (χ3v) is 3.28. The van der Waals surface area contributed by atoms with Crippen molar-refractivity contribution >= 4 is 9.84 Å². The number of nitrogens with one attached hydrogen (secondary N) is 1. The zero-order valence-electron chi connectivity index (χ0n) is 8.48. The van der Waals surface area contributed by atoms with Gasteiger partial charge in [0.05, 0.1) is 14.2 Å². The maximum absolute atomic E-state index is 11.5. The van der Waals surface area contributed by atoms with Crippen LogP contribution in [0.4, 0.5) is 0 Å². The summed E-state index contributed by atoms with van der Waals surface area (Å²) in [7, 11) is -0.727. The molecule has 1 aromatic carbocycles. The molecule has 15 heavy (non-hydrogen) atoms. The standard InChI is InChI=1S/C9H12NO4S/c1-13-7-3-4-9(8(5-7)14-2)15(11,12)6-10/h3-5,10H,6H2,1-2H3. The lowest BCUT2D eigenvalue weighted by atomic mass is 10.3. The van der Waals surface area contributed by atoms with Gasteiger partial charge in [-0.05, 0) is 12.1 Å². The van der Waals surface area contributed by atoms with Crippen LogP contribution in [0.15, 0.2) is 23.1 Å². The molecule has 83 valence electrons. The Morgan fingerprint density at radius 2 is 1.93 bits per heavy atom. The highest BCUT2D eigenvalue weighted by atomic mass is 32.2. The summed E-state index contributed by atoms with van der Waals surface area (Å²) in [6.45, 7) is 0. The van der Waals surface area contributed by atoms with Gasteiger partial charge in [-0.15, -0.1) is 0 Å². The van der Waals surface area contributed by atoms with Gasteiger partial charge in [0, 0.05) is 6.07 Å². The number of ether oxygens (including phenoxy) is 2. The van der Waals surface area contributed by atoms with Crippen LogP contribution in [0.1, 0.15) is 0 Å². The third-order valence-electron chi connectivity index (χ3n) is 1.90. The van der Waals surface area contributed by atoms with Crippen molar-refractivity contribution in [3.63, 3.8) is 0 Å². The summed E-state index contributed by atoms with van der Waals surface area (Å²) in [6, 6.07) is 4.37. The Balaban J connectivity index is 3.31. The van der Waals surface area contributed by atoms with Crippen molar-refractivity contribution in [2.75, 3.05) is 20.1 Å². The fourth-order valence-electron chi connectivity index (χ4n) is 1.11. The minimum Gasteiger partial charge on any atom is -0.497 e. The Hall–Kier alpha value is -1.27. The summed E-state index contributed by atoms with van der Waals surface area (Å²) in [5.41, 5.74) is 6.94. The topological polar surface area (TPSA) is 76.4 Å². The molecule has 1 aromatic rings. The van der Waals surface area contributed by atoms with Gasteiger partial charge in [0.1, 0.15) is 22.3 Å². The van der Waals surface area contributed by atoms with Crippen LogP contribution in [0.25, 0.3) is 0 Å². The predicted octanol–water partition coefficient (Wildman–Crippen LogP) is 0.718. The maximum atomic E-state index is 11.5. The van der Waals surface area contributed by atoms with E-state index < -0.39 is 15.7 Å². The molecule has 0 aliphatic rings. The molecule has 0 fully saturated rings. The summed E-state index contributed by atoms with van der Waals surface area (Å²) >= 11 is 0. The molecule has 0 aliphatic carbocycles. The fourth-order valence-corrected chi connectivity index (χ4v) is 1.99. The zero-order valence-corrected chi connectivity index (χ0v) is 9.30. The van der Waals surface area contributed by atoms with Crippen molar-refractivity contribution in [2.24, 2.45) is 0 Å². The van der Waals surface area contributed by atoms with E-state index in [1.54, 1.807) is 0 Å². The SMILES string of the molecule is COc1ccc(S(=O)(=O)C[NH])c(OC)c1. The Labute approximate surface area is 88.7 Å². The van der Waals surface area contributed by atoms with Gasteiger partial charge < -0.3 is 9.47 Å². The zero-order chi connectivity index (χ0) is 11.5. The van der Waals surface area contributed by atoms with Gasteiger partial charge in [-0.2, -0.15) is 0 Å². The molecule has 0 atom stereocenters. The van der Waals surface area contributed by atoms with Crippen LogP contribution < -0.4 is 15.2 Å². The van der Waals surface area contributed by atoms with Gasteiger partial charge in [0.15, 0.2) is 9.84 Å². The van der Waals surface area contributed by atoms with Gasteiger partial charge in [0.2, 0.25) is 0 Å².